The van der Waals surface area contributed by atoms with Crippen LogP contribution in [0.2, 0.25) is 19.6 Å². The summed E-state index contributed by atoms with van der Waals surface area (Å²) < 4.78 is 6.20. The summed E-state index contributed by atoms with van der Waals surface area (Å²) in [6.45, 7) is 10.3. The van der Waals surface area contributed by atoms with E-state index in [2.05, 4.69) is 25.7 Å². The van der Waals surface area contributed by atoms with Gasteiger partial charge in [-0.3, -0.25) is 0 Å². The van der Waals surface area contributed by atoms with Crippen molar-refractivity contribution in [2.45, 2.75) is 39.6 Å². The lowest BCUT2D eigenvalue weighted by Crippen LogP contribution is -2.34. The third kappa shape index (κ3) is 3.99. The second-order valence-corrected chi connectivity index (χ2v) is 10.3. The van der Waals surface area contributed by atoms with Crippen LogP contribution in [0.4, 0.5) is 0 Å². The SMILES string of the molecule is CC(C)(C#N)C(O[Si](C)(C)C)c1ccccc1. The van der Waals surface area contributed by atoms with Crippen molar-refractivity contribution >= 4 is 8.32 Å². The second kappa shape index (κ2) is 5.03. The Morgan fingerprint density at radius 2 is 1.71 bits per heavy atom. The summed E-state index contributed by atoms with van der Waals surface area (Å²) in [4.78, 5) is 0. The first-order valence-corrected chi connectivity index (χ1v) is 9.31. The number of nitriles is 1. The molecule has 1 rings (SSSR count). The number of rotatable bonds is 4. The molecular formula is C14H21NOSi. The first kappa shape index (κ1) is 13.9. The molecule has 0 saturated carbocycles. The Bertz CT molecular complexity index is 400. The van der Waals surface area contributed by atoms with Crippen molar-refractivity contribution in [3.05, 3.63) is 35.9 Å². The van der Waals surface area contributed by atoms with Crippen LogP contribution in [0.15, 0.2) is 30.3 Å². The van der Waals surface area contributed by atoms with Crippen molar-refractivity contribution in [3.63, 3.8) is 0 Å². The molecule has 0 fully saturated rings. The number of benzene rings is 1. The first-order valence-electron chi connectivity index (χ1n) is 5.90. The van der Waals surface area contributed by atoms with E-state index >= 15 is 0 Å². The molecule has 92 valence electrons. The van der Waals surface area contributed by atoms with Crippen LogP contribution in [0.25, 0.3) is 0 Å². The maximum absolute atomic E-state index is 9.31. The molecule has 0 bridgehead atoms. The molecule has 0 aliphatic carbocycles. The molecule has 0 aliphatic heterocycles. The van der Waals surface area contributed by atoms with E-state index in [0.717, 1.165) is 5.56 Å². The minimum atomic E-state index is -1.68. The molecule has 17 heavy (non-hydrogen) atoms. The smallest absolute Gasteiger partial charge is 0.184 e. The normalized spacial score (nSPS) is 14.1. The Morgan fingerprint density at radius 3 is 2.12 bits per heavy atom. The highest BCUT2D eigenvalue weighted by molar-refractivity contribution is 6.69. The highest BCUT2D eigenvalue weighted by atomic mass is 28.4. The molecule has 0 aromatic heterocycles. The van der Waals surface area contributed by atoms with Crippen LogP contribution in [0.3, 0.4) is 0 Å². The van der Waals surface area contributed by atoms with E-state index in [1.165, 1.54) is 0 Å². The highest BCUT2D eigenvalue weighted by Crippen LogP contribution is 2.37. The lowest BCUT2D eigenvalue weighted by molar-refractivity contribution is 0.105. The largest absolute Gasteiger partial charge is 0.409 e. The zero-order valence-electron chi connectivity index (χ0n) is 11.3. The van der Waals surface area contributed by atoms with E-state index < -0.39 is 13.7 Å². The molecule has 2 nitrogen and oxygen atoms in total. The summed E-state index contributed by atoms with van der Waals surface area (Å²) >= 11 is 0. The summed E-state index contributed by atoms with van der Waals surface area (Å²) in [6.07, 6.45) is -0.152. The van der Waals surface area contributed by atoms with Crippen molar-refractivity contribution in [3.8, 4) is 6.07 Å². The lowest BCUT2D eigenvalue weighted by atomic mass is 9.84. The van der Waals surface area contributed by atoms with Gasteiger partial charge in [-0.1, -0.05) is 30.3 Å². The second-order valence-electron chi connectivity index (χ2n) is 5.85. The van der Waals surface area contributed by atoms with Gasteiger partial charge in [0.1, 0.15) is 0 Å². The van der Waals surface area contributed by atoms with Gasteiger partial charge in [0, 0.05) is 0 Å². The zero-order valence-corrected chi connectivity index (χ0v) is 12.3. The molecular weight excluding hydrogens is 226 g/mol. The van der Waals surface area contributed by atoms with Crippen LogP contribution in [0.1, 0.15) is 25.5 Å². The average molecular weight is 247 g/mol. The van der Waals surface area contributed by atoms with Crippen LogP contribution >= 0.6 is 0 Å². The Morgan fingerprint density at radius 1 is 1.18 bits per heavy atom. The van der Waals surface area contributed by atoms with Gasteiger partial charge in [-0.25, -0.2) is 0 Å². The van der Waals surface area contributed by atoms with E-state index in [1.54, 1.807) is 0 Å². The van der Waals surface area contributed by atoms with Gasteiger partial charge in [0.05, 0.1) is 17.6 Å². The summed E-state index contributed by atoms with van der Waals surface area (Å²) in [5, 5.41) is 9.31. The Balaban J connectivity index is 3.09. The van der Waals surface area contributed by atoms with Gasteiger partial charge < -0.3 is 4.43 Å². The van der Waals surface area contributed by atoms with Crippen LogP contribution in [-0.2, 0) is 4.43 Å². The third-order valence-electron chi connectivity index (χ3n) is 2.52. The van der Waals surface area contributed by atoms with Gasteiger partial charge in [0.15, 0.2) is 8.32 Å². The molecule has 0 N–H and O–H groups in total. The molecule has 0 radical (unpaired) electrons. The molecule has 1 aromatic carbocycles. The van der Waals surface area contributed by atoms with Crippen LogP contribution in [0, 0.1) is 16.7 Å². The number of nitrogens with zero attached hydrogens (tertiary/aromatic N) is 1. The first-order chi connectivity index (χ1) is 7.76. The standard InChI is InChI=1S/C14H21NOSi/c1-14(2,11-15)13(16-17(3,4)5)12-9-7-6-8-10-12/h6-10,13H,1-5H3. The maximum Gasteiger partial charge on any atom is 0.184 e. The van der Waals surface area contributed by atoms with E-state index in [4.69, 9.17) is 4.43 Å². The van der Waals surface area contributed by atoms with E-state index in [9.17, 15) is 5.26 Å². The molecule has 1 unspecified atom stereocenters. The van der Waals surface area contributed by atoms with Gasteiger partial charge in [-0.15, -0.1) is 0 Å². The summed E-state index contributed by atoms with van der Waals surface area (Å²) in [5.41, 5.74) is 0.572. The van der Waals surface area contributed by atoms with E-state index in [0.29, 0.717) is 0 Å². The van der Waals surface area contributed by atoms with E-state index in [1.807, 2.05) is 44.2 Å². The van der Waals surface area contributed by atoms with Crippen LogP contribution in [-0.4, -0.2) is 8.32 Å². The van der Waals surface area contributed by atoms with Gasteiger partial charge in [0.25, 0.3) is 0 Å². The number of hydrogen-bond donors (Lipinski definition) is 0. The summed E-state index contributed by atoms with van der Waals surface area (Å²) in [5.74, 6) is 0. The van der Waals surface area contributed by atoms with Crippen molar-refractivity contribution in [2.24, 2.45) is 5.41 Å². The summed E-state index contributed by atoms with van der Waals surface area (Å²) in [6, 6.07) is 12.4. The van der Waals surface area contributed by atoms with Gasteiger partial charge in [-0.2, -0.15) is 5.26 Å². The molecule has 1 aromatic rings. The van der Waals surface area contributed by atoms with Gasteiger partial charge >= 0.3 is 0 Å². The van der Waals surface area contributed by atoms with Crippen LogP contribution in [0.5, 0.6) is 0 Å². The van der Waals surface area contributed by atoms with Crippen LogP contribution < -0.4 is 0 Å². The fourth-order valence-electron chi connectivity index (χ4n) is 1.67. The zero-order chi connectivity index (χ0) is 13.1. The van der Waals surface area contributed by atoms with Crippen molar-refractivity contribution in [2.75, 3.05) is 0 Å². The Labute approximate surface area is 105 Å². The minimum Gasteiger partial charge on any atom is -0.409 e. The molecule has 0 saturated heterocycles. The molecule has 1 atom stereocenters. The molecule has 0 heterocycles. The van der Waals surface area contributed by atoms with Crippen molar-refractivity contribution in [1.82, 2.24) is 0 Å². The predicted octanol–water partition coefficient (Wildman–Crippen LogP) is 4.13. The third-order valence-corrected chi connectivity index (χ3v) is 3.46. The molecule has 3 heteroatoms. The predicted molar refractivity (Wildman–Crippen MR) is 73.0 cm³/mol. The number of hydrogen-bond acceptors (Lipinski definition) is 2. The van der Waals surface area contributed by atoms with Crippen molar-refractivity contribution < 1.29 is 4.43 Å². The van der Waals surface area contributed by atoms with Gasteiger partial charge in [0.2, 0.25) is 0 Å². The minimum absolute atomic E-state index is 0.152. The monoisotopic (exact) mass is 247 g/mol. The Kier molecular flexibility index (Phi) is 4.13. The quantitative estimate of drug-likeness (QED) is 0.749. The van der Waals surface area contributed by atoms with E-state index in [-0.39, 0.29) is 6.10 Å². The fourth-order valence-corrected chi connectivity index (χ4v) is 2.81. The highest BCUT2D eigenvalue weighted by Gasteiger charge is 2.35. The lowest BCUT2D eigenvalue weighted by Gasteiger charge is -2.34. The summed E-state index contributed by atoms with van der Waals surface area (Å²) in [7, 11) is -1.68. The van der Waals surface area contributed by atoms with Crippen molar-refractivity contribution in [1.29, 1.82) is 5.26 Å². The van der Waals surface area contributed by atoms with Gasteiger partial charge in [-0.05, 0) is 39.1 Å². The topological polar surface area (TPSA) is 33.0 Å². The molecule has 0 spiro atoms. The fraction of sp³-hybridized carbons (Fsp3) is 0.500. The molecule has 0 aliphatic rings. The Hall–Kier alpha value is -1.11. The average Bonchev–Trinajstić information content (AvgIpc) is 2.26. The maximum atomic E-state index is 9.31. The molecule has 0 amide bonds.